The maximum Gasteiger partial charge on any atom is 0.251 e. The largest absolute Gasteiger partial charge is 0.395 e. The molecule has 1 aromatic carbocycles. The van der Waals surface area contributed by atoms with Crippen LogP contribution in [0.5, 0.6) is 0 Å². The fourth-order valence-corrected chi connectivity index (χ4v) is 1.62. The van der Waals surface area contributed by atoms with Gasteiger partial charge >= 0.3 is 0 Å². The SMILES string of the molecule is CC(CC(N)=O)NC(=O)c1cccc(C#CCCO)c1. The second kappa shape index (κ2) is 7.97. The number of hydrogen-bond donors (Lipinski definition) is 3. The Morgan fingerprint density at radius 3 is 2.85 bits per heavy atom. The van der Waals surface area contributed by atoms with Crippen LogP contribution in [-0.2, 0) is 4.79 Å². The van der Waals surface area contributed by atoms with Gasteiger partial charge in [0, 0.05) is 30.0 Å². The Kier molecular flexibility index (Phi) is 6.27. The molecule has 0 radical (unpaired) electrons. The molecule has 5 heteroatoms. The summed E-state index contributed by atoms with van der Waals surface area (Å²) in [6.07, 6.45) is 0.494. The van der Waals surface area contributed by atoms with E-state index < -0.39 is 5.91 Å². The smallest absolute Gasteiger partial charge is 0.251 e. The van der Waals surface area contributed by atoms with Crippen LogP contribution >= 0.6 is 0 Å². The van der Waals surface area contributed by atoms with E-state index in [9.17, 15) is 9.59 Å². The molecule has 1 rings (SSSR count). The van der Waals surface area contributed by atoms with Gasteiger partial charge in [0.05, 0.1) is 6.61 Å². The Hall–Kier alpha value is -2.32. The summed E-state index contributed by atoms with van der Waals surface area (Å²) in [7, 11) is 0. The fraction of sp³-hybridized carbons (Fsp3) is 0.333. The first-order valence-electron chi connectivity index (χ1n) is 6.32. The van der Waals surface area contributed by atoms with Gasteiger partial charge in [-0.2, -0.15) is 0 Å². The lowest BCUT2D eigenvalue weighted by Gasteiger charge is -2.12. The highest BCUT2D eigenvalue weighted by atomic mass is 16.2. The molecule has 20 heavy (non-hydrogen) atoms. The summed E-state index contributed by atoms with van der Waals surface area (Å²) in [4.78, 5) is 22.7. The van der Waals surface area contributed by atoms with Crippen molar-refractivity contribution in [2.75, 3.05) is 6.61 Å². The van der Waals surface area contributed by atoms with Gasteiger partial charge in [-0.1, -0.05) is 17.9 Å². The molecule has 0 aliphatic rings. The van der Waals surface area contributed by atoms with Crippen LogP contribution in [0.15, 0.2) is 24.3 Å². The molecule has 106 valence electrons. The van der Waals surface area contributed by atoms with Crippen molar-refractivity contribution in [3.63, 3.8) is 0 Å². The number of benzene rings is 1. The van der Waals surface area contributed by atoms with Crippen LogP contribution in [-0.4, -0.2) is 29.6 Å². The van der Waals surface area contributed by atoms with E-state index in [4.69, 9.17) is 10.8 Å². The van der Waals surface area contributed by atoms with Crippen molar-refractivity contribution < 1.29 is 14.7 Å². The molecule has 0 aromatic heterocycles. The van der Waals surface area contributed by atoms with Crippen molar-refractivity contribution >= 4 is 11.8 Å². The Bertz CT molecular complexity index is 544. The lowest BCUT2D eigenvalue weighted by molar-refractivity contribution is -0.118. The van der Waals surface area contributed by atoms with Gasteiger partial charge in [0.2, 0.25) is 5.91 Å². The molecule has 0 aliphatic carbocycles. The zero-order valence-corrected chi connectivity index (χ0v) is 11.3. The second-order valence-corrected chi connectivity index (χ2v) is 4.40. The first-order chi connectivity index (χ1) is 9.52. The number of carbonyl (C=O) groups is 2. The zero-order valence-electron chi connectivity index (χ0n) is 11.3. The average molecular weight is 274 g/mol. The lowest BCUT2D eigenvalue weighted by atomic mass is 10.1. The number of aliphatic hydroxyl groups is 1. The molecule has 2 amide bonds. The van der Waals surface area contributed by atoms with Gasteiger partial charge in [-0.15, -0.1) is 0 Å². The molecule has 1 aromatic rings. The van der Waals surface area contributed by atoms with Gasteiger partial charge in [0.25, 0.3) is 5.91 Å². The van der Waals surface area contributed by atoms with Crippen LogP contribution in [0.4, 0.5) is 0 Å². The van der Waals surface area contributed by atoms with Gasteiger partial charge in [-0.05, 0) is 25.1 Å². The van der Waals surface area contributed by atoms with Crippen LogP contribution in [0.2, 0.25) is 0 Å². The summed E-state index contributed by atoms with van der Waals surface area (Å²) in [5.41, 5.74) is 6.24. The van der Waals surface area contributed by atoms with E-state index in [1.807, 2.05) is 0 Å². The number of rotatable bonds is 5. The standard InChI is InChI=1S/C15H18N2O3/c1-11(9-14(16)19)17-15(20)13-7-4-6-12(10-13)5-2-3-8-18/h4,6-7,10-11,18H,3,8-9H2,1H3,(H2,16,19)(H,17,20). The number of aliphatic hydroxyl groups excluding tert-OH is 1. The number of hydrogen-bond acceptors (Lipinski definition) is 3. The molecular weight excluding hydrogens is 256 g/mol. The predicted octanol–water partition coefficient (Wildman–Crippen LogP) is 0.414. The lowest BCUT2D eigenvalue weighted by Crippen LogP contribution is -2.35. The van der Waals surface area contributed by atoms with Crippen LogP contribution < -0.4 is 11.1 Å². The molecule has 0 saturated heterocycles. The van der Waals surface area contributed by atoms with Gasteiger partial charge in [0.15, 0.2) is 0 Å². The van der Waals surface area contributed by atoms with Crippen molar-refractivity contribution in [3.05, 3.63) is 35.4 Å². The highest BCUT2D eigenvalue weighted by Gasteiger charge is 2.11. The molecule has 0 fully saturated rings. The maximum absolute atomic E-state index is 12.0. The number of nitrogens with two attached hydrogens (primary N) is 1. The Morgan fingerprint density at radius 1 is 1.45 bits per heavy atom. The first kappa shape index (κ1) is 15.7. The molecular formula is C15H18N2O3. The second-order valence-electron chi connectivity index (χ2n) is 4.40. The molecule has 0 heterocycles. The number of primary amides is 1. The Morgan fingerprint density at radius 2 is 2.20 bits per heavy atom. The average Bonchev–Trinajstić information content (AvgIpc) is 2.38. The number of amides is 2. The molecule has 0 bridgehead atoms. The van der Waals surface area contributed by atoms with Crippen LogP contribution in [0.25, 0.3) is 0 Å². The molecule has 5 nitrogen and oxygen atoms in total. The van der Waals surface area contributed by atoms with Crippen LogP contribution in [0.3, 0.4) is 0 Å². The summed E-state index contributed by atoms with van der Waals surface area (Å²) in [6.45, 7) is 1.73. The third-order valence-electron chi connectivity index (χ3n) is 2.48. The molecule has 1 atom stereocenters. The van der Waals surface area contributed by atoms with Crippen molar-refractivity contribution in [1.82, 2.24) is 5.32 Å². The van der Waals surface area contributed by atoms with E-state index >= 15 is 0 Å². The highest BCUT2D eigenvalue weighted by molar-refractivity contribution is 5.95. The van der Waals surface area contributed by atoms with Crippen molar-refractivity contribution in [3.8, 4) is 11.8 Å². The minimum absolute atomic E-state index is 0.0117. The van der Waals surface area contributed by atoms with Gasteiger partial charge in [0.1, 0.15) is 0 Å². The van der Waals surface area contributed by atoms with E-state index in [-0.39, 0.29) is 25.0 Å². The minimum atomic E-state index is -0.457. The Balaban J connectivity index is 2.72. The zero-order chi connectivity index (χ0) is 15.0. The van der Waals surface area contributed by atoms with E-state index in [2.05, 4.69) is 17.2 Å². The molecule has 1 unspecified atom stereocenters. The predicted molar refractivity (Wildman–Crippen MR) is 75.8 cm³/mol. The minimum Gasteiger partial charge on any atom is -0.395 e. The van der Waals surface area contributed by atoms with Crippen LogP contribution in [0, 0.1) is 11.8 Å². The summed E-state index contributed by atoms with van der Waals surface area (Å²) in [5, 5.41) is 11.3. The van der Waals surface area contributed by atoms with E-state index in [1.54, 1.807) is 31.2 Å². The Labute approximate surface area is 118 Å². The quantitative estimate of drug-likeness (QED) is 0.679. The number of carbonyl (C=O) groups excluding carboxylic acids is 2. The first-order valence-corrected chi connectivity index (χ1v) is 6.32. The van der Waals surface area contributed by atoms with Gasteiger partial charge in [-0.25, -0.2) is 0 Å². The fourth-order valence-electron chi connectivity index (χ4n) is 1.62. The summed E-state index contributed by atoms with van der Waals surface area (Å²) >= 11 is 0. The molecule has 4 N–H and O–H groups in total. The third-order valence-corrected chi connectivity index (χ3v) is 2.48. The summed E-state index contributed by atoms with van der Waals surface area (Å²) in [6, 6.07) is 6.54. The number of nitrogens with one attached hydrogen (secondary N) is 1. The van der Waals surface area contributed by atoms with Crippen molar-refractivity contribution in [2.45, 2.75) is 25.8 Å². The van der Waals surface area contributed by atoms with E-state index in [0.717, 1.165) is 0 Å². The molecule has 0 saturated carbocycles. The maximum atomic E-state index is 12.0. The van der Waals surface area contributed by atoms with E-state index in [0.29, 0.717) is 17.5 Å². The van der Waals surface area contributed by atoms with Crippen LogP contribution in [0.1, 0.15) is 35.7 Å². The van der Waals surface area contributed by atoms with Gasteiger partial charge < -0.3 is 16.2 Å². The van der Waals surface area contributed by atoms with Gasteiger partial charge in [-0.3, -0.25) is 9.59 Å². The van der Waals surface area contributed by atoms with E-state index in [1.165, 1.54) is 0 Å². The molecule has 0 aliphatic heterocycles. The topological polar surface area (TPSA) is 92.4 Å². The normalized spacial score (nSPS) is 11.1. The summed E-state index contributed by atoms with van der Waals surface area (Å²) < 4.78 is 0. The monoisotopic (exact) mass is 274 g/mol. The van der Waals surface area contributed by atoms with Crippen molar-refractivity contribution in [1.29, 1.82) is 0 Å². The third kappa shape index (κ3) is 5.55. The molecule has 0 spiro atoms. The van der Waals surface area contributed by atoms with Crippen molar-refractivity contribution in [2.24, 2.45) is 5.73 Å². The highest BCUT2D eigenvalue weighted by Crippen LogP contribution is 2.05. The summed E-state index contributed by atoms with van der Waals surface area (Å²) in [5.74, 6) is 4.92.